The first-order valence-electron chi connectivity index (χ1n) is 4.44. The van der Waals surface area contributed by atoms with Crippen molar-refractivity contribution in [3.63, 3.8) is 0 Å². The van der Waals surface area contributed by atoms with Crippen LogP contribution in [0.25, 0.3) is 0 Å². The van der Waals surface area contributed by atoms with Crippen LogP contribution < -0.4 is 5.32 Å². The zero-order valence-corrected chi connectivity index (χ0v) is 8.04. The number of carbonyl (C=O) groups excluding carboxylic acids is 2. The summed E-state index contributed by atoms with van der Waals surface area (Å²) in [7, 11) is 1.56. The van der Waals surface area contributed by atoms with Gasteiger partial charge in [-0.2, -0.15) is 0 Å². The highest BCUT2D eigenvalue weighted by molar-refractivity contribution is 5.79. The van der Waals surface area contributed by atoms with Gasteiger partial charge in [-0.1, -0.05) is 0 Å². The van der Waals surface area contributed by atoms with Gasteiger partial charge in [-0.25, -0.2) is 9.80 Å². The molecule has 13 heavy (non-hydrogen) atoms. The van der Waals surface area contributed by atoms with Crippen LogP contribution in [0.5, 0.6) is 0 Å². The number of amides is 3. The van der Waals surface area contributed by atoms with Crippen LogP contribution in [0, 0.1) is 0 Å². The van der Waals surface area contributed by atoms with Crippen LogP contribution in [0.4, 0.5) is 4.79 Å². The second-order valence-corrected chi connectivity index (χ2v) is 3.03. The molecule has 5 heteroatoms. The standard InChI is InChI=1S/C8H15N3O2/c1-7(12)10-5-3-4-6-11(10)8(13)9-2/h3-6H2,1-2H3,(H,9,13). The van der Waals surface area contributed by atoms with E-state index in [1.165, 1.54) is 16.9 Å². The molecule has 0 saturated carbocycles. The molecule has 74 valence electrons. The molecule has 1 fully saturated rings. The molecule has 0 unspecified atom stereocenters. The van der Waals surface area contributed by atoms with E-state index in [2.05, 4.69) is 5.32 Å². The Hall–Kier alpha value is -1.26. The van der Waals surface area contributed by atoms with Crippen molar-refractivity contribution in [3.8, 4) is 0 Å². The molecule has 0 aromatic heterocycles. The van der Waals surface area contributed by atoms with Gasteiger partial charge in [0.15, 0.2) is 0 Å². The molecule has 0 aliphatic carbocycles. The fourth-order valence-electron chi connectivity index (χ4n) is 1.43. The monoisotopic (exact) mass is 185 g/mol. The average Bonchev–Trinajstić information content (AvgIpc) is 2.16. The lowest BCUT2D eigenvalue weighted by Gasteiger charge is -2.37. The molecule has 0 atom stereocenters. The molecule has 0 spiro atoms. The van der Waals surface area contributed by atoms with Crippen LogP contribution in [0.2, 0.25) is 0 Å². The van der Waals surface area contributed by atoms with Crippen molar-refractivity contribution in [2.75, 3.05) is 20.1 Å². The van der Waals surface area contributed by atoms with Crippen molar-refractivity contribution in [1.29, 1.82) is 0 Å². The van der Waals surface area contributed by atoms with E-state index in [9.17, 15) is 9.59 Å². The van der Waals surface area contributed by atoms with Crippen molar-refractivity contribution in [2.24, 2.45) is 0 Å². The maximum absolute atomic E-state index is 11.3. The van der Waals surface area contributed by atoms with Gasteiger partial charge in [0.2, 0.25) is 5.91 Å². The van der Waals surface area contributed by atoms with Gasteiger partial charge < -0.3 is 5.32 Å². The number of nitrogens with one attached hydrogen (secondary N) is 1. The molecule has 0 bridgehead atoms. The van der Waals surface area contributed by atoms with Crippen molar-refractivity contribution in [1.82, 2.24) is 15.3 Å². The number of urea groups is 1. The van der Waals surface area contributed by atoms with E-state index >= 15 is 0 Å². The van der Waals surface area contributed by atoms with E-state index < -0.39 is 0 Å². The fraction of sp³-hybridized carbons (Fsp3) is 0.750. The lowest BCUT2D eigenvalue weighted by molar-refractivity contribution is -0.144. The van der Waals surface area contributed by atoms with Crippen molar-refractivity contribution < 1.29 is 9.59 Å². The molecule has 0 radical (unpaired) electrons. The maximum atomic E-state index is 11.3. The SMILES string of the molecule is CNC(=O)N1CCCCN1C(C)=O. The molecular formula is C8H15N3O2. The summed E-state index contributed by atoms with van der Waals surface area (Å²) in [5, 5.41) is 5.47. The smallest absolute Gasteiger partial charge is 0.336 e. The predicted octanol–water partition coefficient (Wildman–Crippen LogP) is 0.185. The van der Waals surface area contributed by atoms with Crippen LogP contribution in [0.1, 0.15) is 19.8 Å². The van der Waals surface area contributed by atoms with Crippen molar-refractivity contribution in [2.45, 2.75) is 19.8 Å². The van der Waals surface area contributed by atoms with E-state index in [0.717, 1.165) is 12.8 Å². The Morgan fingerprint density at radius 3 is 2.15 bits per heavy atom. The second kappa shape index (κ2) is 4.11. The van der Waals surface area contributed by atoms with Gasteiger partial charge in [0.05, 0.1) is 0 Å². The number of hydrogen-bond donors (Lipinski definition) is 1. The summed E-state index contributed by atoms with van der Waals surface area (Å²) >= 11 is 0. The molecule has 0 aromatic rings. The summed E-state index contributed by atoms with van der Waals surface area (Å²) in [5.41, 5.74) is 0. The first kappa shape index (κ1) is 9.83. The van der Waals surface area contributed by atoms with E-state index in [-0.39, 0.29) is 11.9 Å². The Morgan fingerprint density at radius 1 is 1.15 bits per heavy atom. The minimum Gasteiger partial charge on any atom is -0.340 e. The van der Waals surface area contributed by atoms with Gasteiger partial charge in [-0.15, -0.1) is 0 Å². The molecule has 1 aliphatic heterocycles. The summed E-state index contributed by atoms with van der Waals surface area (Å²) in [5.74, 6) is -0.0803. The van der Waals surface area contributed by atoms with E-state index in [0.29, 0.717) is 13.1 Å². The number of hydrazine groups is 1. The normalized spacial score (nSPS) is 17.1. The Labute approximate surface area is 77.7 Å². The highest BCUT2D eigenvalue weighted by Crippen LogP contribution is 2.10. The number of hydrogen-bond acceptors (Lipinski definition) is 2. The summed E-state index contributed by atoms with van der Waals surface area (Å²) in [6, 6.07) is -0.213. The van der Waals surface area contributed by atoms with Crippen molar-refractivity contribution >= 4 is 11.9 Å². The largest absolute Gasteiger partial charge is 0.340 e. The number of carbonyl (C=O) groups is 2. The summed E-state index contributed by atoms with van der Waals surface area (Å²) < 4.78 is 0. The minimum atomic E-state index is -0.213. The Balaban J connectivity index is 2.67. The van der Waals surface area contributed by atoms with E-state index in [1.54, 1.807) is 7.05 Å². The van der Waals surface area contributed by atoms with Gasteiger partial charge in [-0.3, -0.25) is 9.80 Å². The molecule has 3 amide bonds. The molecule has 1 saturated heterocycles. The Kier molecular flexibility index (Phi) is 3.11. The topological polar surface area (TPSA) is 52.7 Å². The first-order chi connectivity index (χ1) is 6.16. The number of rotatable bonds is 0. The lowest BCUT2D eigenvalue weighted by atomic mass is 10.2. The summed E-state index contributed by atoms with van der Waals surface area (Å²) in [6.45, 7) is 2.74. The molecule has 5 nitrogen and oxygen atoms in total. The van der Waals surface area contributed by atoms with Gasteiger partial charge in [0.1, 0.15) is 0 Å². The van der Waals surface area contributed by atoms with Crippen LogP contribution >= 0.6 is 0 Å². The quantitative estimate of drug-likeness (QED) is 0.585. The molecule has 0 aromatic carbocycles. The van der Waals surface area contributed by atoms with E-state index in [4.69, 9.17) is 0 Å². The van der Waals surface area contributed by atoms with Crippen LogP contribution in [-0.4, -0.2) is 42.1 Å². The van der Waals surface area contributed by atoms with Gasteiger partial charge in [0.25, 0.3) is 0 Å². The third kappa shape index (κ3) is 2.11. The Bertz CT molecular complexity index is 217. The number of nitrogens with zero attached hydrogens (tertiary/aromatic N) is 2. The molecule has 1 rings (SSSR count). The summed E-state index contributed by atoms with van der Waals surface area (Å²) in [4.78, 5) is 22.4. The molecule has 1 aliphatic rings. The lowest BCUT2D eigenvalue weighted by Crippen LogP contribution is -2.55. The van der Waals surface area contributed by atoms with Crippen LogP contribution in [0.3, 0.4) is 0 Å². The third-order valence-corrected chi connectivity index (χ3v) is 2.09. The maximum Gasteiger partial charge on any atom is 0.336 e. The molecule has 1 N–H and O–H groups in total. The third-order valence-electron chi connectivity index (χ3n) is 2.09. The highest BCUT2D eigenvalue weighted by Gasteiger charge is 2.25. The van der Waals surface area contributed by atoms with Crippen LogP contribution in [-0.2, 0) is 4.79 Å². The van der Waals surface area contributed by atoms with Crippen LogP contribution in [0.15, 0.2) is 0 Å². The zero-order valence-electron chi connectivity index (χ0n) is 8.04. The summed E-state index contributed by atoms with van der Waals surface area (Å²) in [6.07, 6.45) is 1.92. The second-order valence-electron chi connectivity index (χ2n) is 3.03. The molecule has 1 heterocycles. The van der Waals surface area contributed by atoms with Gasteiger partial charge >= 0.3 is 6.03 Å². The predicted molar refractivity (Wildman–Crippen MR) is 47.8 cm³/mol. The van der Waals surface area contributed by atoms with Gasteiger partial charge in [0, 0.05) is 27.1 Å². The average molecular weight is 185 g/mol. The Morgan fingerprint density at radius 2 is 1.69 bits per heavy atom. The fourth-order valence-corrected chi connectivity index (χ4v) is 1.43. The van der Waals surface area contributed by atoms with Gasteiger partial charge in [-0.05, 0) is 12.8 Å². The first-order valence-corrected chi connectivity index (χ1v) is 4.44. The zero-order chi connectivity index (χ0) is 9.84. The minimum absolute atomic E-state index is 0.0803. The van der Waals surface area contributed by atoms with E-state index in [1.807, 2.05) is 0 Å². The van der Waals surface area contributed by atoms with Crippen molar-refractivity contribution in [3.05, 3.63) is 0 Å². The highest BCUT2D eigenvalue weighted by atomic mass is 16.2. The molecular weight excluding hydrogens is 170 g/mol.